The van der Waals surface area contributed by atoms with E-state index in [4.69, 9.17) is 19.6 Å². The van der Waals surface area contributed by atoms with Crippen molar-refractivity contribution < 1.29 is 22.7 Å². The van der Waals surface area contributed by atoms with Crippen molar-refractivity contribution in [2.45, 2.75) is 6.29 Å². The molecule has 3 aromatic carbocycles. The Bertz CT molecular complexity index is 1460. The Labute approximate surface area is 171 Å². The number of aromatic nitrogens is 2. The number of nitrogens with zero attached hydrogens (tertiary/aromatic N) is 2. The number of hydrogen-bond donors (Lipinski definition) is 1. The van der Waals surface area contributed by atoms with Crippen molar-refractivity contribution in [3.63, 3.8) is 0 Å². The van der Waals surface area contributed by atoms with Crippen molar-refractivity contribution in [1.82, 2.24) is 9.97 Å². The minimum absolute atomic E-state index is 0.0621. The van der Waals surface area contributed by atoms with Gasteiger partial charge in [0.2, 0.25) is 0 Å². The lowest BCUT2D eigenvalue weighted by Gasteiger charge is -2.09. The Kier molecular flexibility index (Phi) is 3.37. The summed E-state index contributed by atoms with van der Waals surface area (Å²) < 4.78 is 43.4. The van der Waals surface area contributed by atoms with Gasteiger partial charge in [-0.3, -0.25) is 0 Å². The first kappa shape index (κ1) is 17.2. The summed E-state index contributed by atoms with van der Waals surface area (Å²) >= 11 is 1.35. The van der Waals surface area contributed by atoms with Crippen molar-refractivity contribution in [3.05, 3.63) is 54.9 Å². The molecule has 9 heteroatoms. The molecule has 1 aliphatic heterocycles. The van der Waals surface area contributed by atoms with Crippen LogP contribution >= 0.6 is 11.3 Å². The maximum absolute atomic E-state index is 13.9. The van der Waals surface area contributed by atoms with E-state index in [0.717, 1.165) is 15.8 Å². The molecule has 5 aromatic rings. The lowest BCUT2D eigenvalue weighted by atomic mass is 9.97. The first-order valence-electron chi connectivity index (χ1n) is 8.81. The number of hydrogen-bond acceptors (Lipinski definition) is 7. The molecule has 0 aliphatic carbocycles. The van der Waals surface area contributed by atoms with Crippen LogP contribution in [0.25, 0.3) is 43.6 Å². The fourth-order valence-electron chi connectivity index (χ4n) is 3.47. The van der Waals surface area contributed by atoms with Gasteiger partial charge in [-0.1, -0.05) is 23.5 Å². The number of nitrogens with two attached hydrogens (primary N) is 1. The van der Waals surface area contributed by atoms with Crippen LogP contribution in [-0.2, 0) is 0 Å². The number of anilines is 1. The van der Waals surface area contributed by atoms with E-state index < -0.39 is 6.29 Å². The highest BCUT2D eigenvalue weighted by Gasteiger charge is 2.45. The van der Waals surface area contributed by atoms with E-state index in [2.05, 4.69) is 16.0 Å². The standard InChI is InChI=1S/C21H10F2N3O3S/c22-21(23)28-17-7-12(10-1-3-14-18(8-10)30-20(24)26-14)5-13(19(17)29-21)11-2-4-16-15(6-11)25-9-27-16/h1-4,6-9H,(H2,24,26). The van der Waals surface area contributed by atoms with Crippen molar-refractivity contribution in [1.29, 1.82) is 0 Å². The normalized spacial score (nSPS) is 14.6. The third-order valence-corrected chi connectivity index (χ3v) is 5.62. The van der Waals surface area contributed by atoms with Crippen molar-refractivity contribution in [2.75, 3.05) is 5.73 Å². The quantitative estimate of drug-likeness (QED) is 0.406. The van der Waals surface area contributed by atoms with Gasteiger partial charge in [-0.25, -0.2) is 9.97 Å². The summed E-state index contributed by atoms with van der Waals surface area (Å²) in [7, 11) is 0. The molecule has 147 valence electrons. The van der Waals surface area contributed by atoms with Crippen LogP contribution in [0, 0.1) is 6.07 Å². The molecule has 1 aliphatic rings. The zero-order valence-electron chi connectivity index (χ0n) is 15.0. The van der Waals surface area contributed by atoms with E-state index >= 15 is 0 Å². The highest BCUT2D eigenvalue weighted by Crippen LogP contribution is 2.49. The molecule has 0 amide bonds. The van der Waals surface area contributed by atoms with E-state index in [0.29, 0.717) is 32.9 Å². The molecule has 0 saturated carbocycles. The molecular weight excluding hydrogens is 412 g/mol. The molecule has 6 rings (SSSR count). The van der Waals surface area contributed by atoms with Crippen molar-refractivity contribution in [2.24, 2.45) is 0 Å². The van der Waals surface area contributed by atoms with Gasteiger partial charge < -0.3 is 19.6 Å². The molecule has 2 N–H and O–H groups in total. The van der Waals surface area contributed by atoms with Gasteiger partial charge in [0.15, 0.2) is 28.6 Å². The van der Waals surface area contributed by atoms with Crippen LogP contribution in [0.3, 0.4) is 0 Å². The van der Waals surface area contributed by atoms with Gasteiger partial charge in [-0.2, -0.15) is 0 Å². The van der Waals surface area contributed by atoms with Crippen LogP contribution in [-0.4, -0.2) is 16.3 Å². The lowest BCUT2D eigenvalue weighted by molar-refractivity contribution is -0.286. The first-order valence-corrected chi connectivity index (χ1v) is 9.63. The Hall–Kier alpha value is -3.72. The minimum atomic E-state index is -3.75. The summed E-state index contributed by atoms with van der Waals surface area (Å²) in [5.74, 6) is -0.136. The van der Waals surface area contributed by atoms with E-state index in [-0.39, 0.29) is 11.5 Å². The first-order chi connectivity index (χ1) is 14.4. The fourth-order valence-corrected chi connectivity index (χ4v) is 4.25. The second kappa shape index (κ2) is 5.90. The summed E-state index contributed by atoms with van der Waals surface area (Å²) in [4.78, 5) is 8.37. The van der Waals surface area contributed by atoms with Crippen LogP contribution < -0.4 is 15.2 Å². The number of oxazole rings is 1. The number of ether oxygens (including phenoxy) is 2. The number of nitrogen functional groups attached to an aromatic ring is 1. The largest absolute Gasteiger partial charge is 0.586 e. The molecule has 0 unspecified atom stereocenters. The Balaban J connectivity index is 1.57. The molecule has 30 heavy (non-hydrogen) atoms. The molecule has 3 heterocycles. The van der Waals surface area contributed by atoms with Crippen LogP contribution in [0.5, 0.6) is 11.5 Å². The Morgan fingerprint density at radius 2 is 1.87 bits per heavy atom. The summed E-state index contributed by atoms with van der Waals surface area (Å²) in [5.41, 5.74) is 10.00. The summed E-state index contributed by atoms with van der Waals surface area (Å²) in [6, 6.07) is 15.4. The van der Waals surface area contributed by atoms with E-state index in [1.54, 1.807) is 18.2 Å². The maximum atomic E-state index is 13.9. The van der Waals surface area contributed by atoms with Crippen LogP contribution in [0.15, 0.2) is 53.3 Å². The van der Waals surface area contributed by atoms with Gasteiger partial charge >= 0.3 is 6.29 Å². The van der Waals surface area contributed by atoms with Gasteiger partial charge in [0.05, 0.1) is 10.2 Å². The third kappa shape index (κ3) is 2.66. The molecular formula is C21H10F2N3O3S. The topological polar surface area (TPSA) is 83.4 Å². The predicted molar refractivity (Wildman–Crippen MR) is 108 cm³/mol. The zero-order chi connectivity index (χ0) is 20.5. The van der Waals surface area contributed by atoms with Crippen LogP contribution in [0.2, 0.25) is 0 Å². The minimum Gasteiger partial charge on any atom is -0.443 e. The average Bonchev–Trinajstić information content (AvgIpc) is 3.39. The zero-order valence-corrected chi connectivity index (χ0v) is 15.8. The summed E-state index contributed by atoms with van der Waals surface area (Å²) in [6.07, 6.45) is -2.43. The van der Waals surface area contributed by atoms with Crippen molar-refractivity contribution in [3.8, 4) is 33.8 Å². The highest BCUT2D eigenvalue weighted by atomic mass is 32.1. The van der Waals surface area contributed by atoms with Gasteiger partial charge in [-0.05, 0) is 47.0 Å². The second-order valence-electron chi connectivity index (χ2n) is 6.69. The van der Waals surface area contributed by atoms with Gasteiger partial charge in [0.25, 0.3) is 0 Å². The van der Waals surface area contributed by atoms with Crippen LogP contribution in [0.1, 0.15) is 0 Å². The number of benzene rings is 3. The monoisotopic (exact) mass is 422 g/mol. The maximum Gasteiger partial charge on any atom is 0.586 e. The second-order valence-corrected chi connectivity index (χ2v) is 7.75. The summed E-state index contributed by atoms with van der Waals surface area (Å²) in [5, 5.41) is 0.457. The average molecular weight is 422 g/mol. The summed E-state index contributed by atoms with van der Waals surface area (Å²) in [6.45, 7) is 0. The molecule has 0 fully saturated rings. The lowest BCUT2D eigenvalue weighted by Crippen LogP contribution is -2.26. The van der Waals surface area contributed by atoms with Crippen molar-refractivity contribution >= 4 is 37.8 Å². The molecule has 0 bridgehead atoms. The van der Waals surface area contributed by atoms with E-state index in [9.17, 15) is 8.78 Å². The Morgan fingerprint density at radius 1 is 1.00 bits per heavy atom. The number of thiazole rings is 1. The smallest absolute Gasteiger partial charge is 0.443 e. The molecule has 0 spiro atoms. The number of alkyl halides is 2. The van der Waals surface area contributed by atoms with Gasteiger partial charge in [0, 0.05) is 11.6 Å². The fraction of sp³-hybridized carbons (Fsp3) is 0.0476. The molecule has 1 radical (unpaired) electrons. The predicted octanol–water partition coefficient (Wildman–Crippen LogP) is 5.48. The number of fused-ring (bicyclic) bond motifs is 3. The number of rotatable bonds is 2. The van der Waals surface area contributed by atoms with Crippen LogP contribution in [0.4, 0.5) is 13.9 Å². The van der Waals surface area contributed by atoms with E-state index in [1.165, 1.54) is 23.8 Å². The molecule has 2 aromatic heterocycles. The van der Waals surface area contributed by atoms with E-state index in [1.807, 2.05) is 18.2 Å². The highest BCUT2D eigenvalue weighted by molar-refractivity contribution is 7.22. The van der Waals surface area contributed by atoms with Gasteiger partial charge in [-0.15, -0.1) is 8.78 Å². The van der Waals surface area contributed by atoms with Gasteiger partial charge in [0.1, 0.15) is 5.52 Å². The number of halogens is 2. The Morgan fingerprint density at radius 3 is 2.77 bits per heavy atom. The molecule has 6 nitrogen and oxygen atoms in total. The molecule has 0 saturated heterocycles. The molecule has 0 atom stereocenters. The SMILES string of the molecule is Nc1nc2ccc(-c3[c]c(-c4ccc5ocnc5c4)c4c(c3)OC(F)(F)O4)cc2s1. The third-order valence-electron chi connectivity index (χ3n) is 4.77.